The molecule has 2 rings (SSSR count). The van der Waals surface area contributed by atoms with Gasteiger partial charge in [-0.3, -0.25) is 4.79 Å². The molecule has 0 heterocycles. The van der Waals surface area contributed by atoms with Gasteiger partial charge in [0.05, 0.1) is 12.2 Å². The van der Waals surface area contributed by atoms with E-state index >= 15 is 0 Å². The minimum Gasteiger partial charge on any atom is -0.493 e. The Bertz CT molecular complexity index is 392. The molecule has 1 aliphatic rings. The maximum Gasteiger partial charge on any atom is 0.163 e. The monoisotopic (exact) mass is 246 g/mol. The predicted octanol–water partition coefficient (Wildman–Crippen LogP) is 4.24. The average molecular weight is 246 g/mol. The number of para-hydroxylation sites is 1. The van der Waals surface area contributed by atoms with Crippen LogP contribution in [0, 0.1) is 5.92 Å². The molecule has 0 N–H and O–H groups in total. The molecule has 2 heteroatoms. The second-order valence-electron chi connectivity index (χ2n) is 5.19. The highest BCUT2D eigenvalue weighted by Gasteiger charge is 2.14. The van der Waals surface area contributed by atoms with Crippen molar-refractivity contribution in [3.63, 3.8) is 0 Å². The van der Waals surface area contributed by atoms with Gasteiger partial charge in [0.1, 0.15) is 5.75 Å². The van der Waals surface area contributed by atoms with E-state index in [4.69, 9.17) is 4.74 Å². The van der Waals surface area contributed by atoms with Crippen molar-refractivity contribution in [1.82, 2.24) is 0 Å². The highest BCUT2D eigenvalue weighted by atomic mass is 16.5. The molecule has 0 spiro atoms. The van der Waals surface area contributed by atoms with Gasteiger partial charge in [-0.05, 0) is 31.4 Å². The lowest BCUT2D eigenvalue weighted by atomic mass is 9.87. The Morgan fingerprint density at radius 1 is 1.22 bits per heavy atom. The van der Waals surface area contributed by atoms with Gasteiger partial charge in [0.25, 0.3) is 0 Å². The highest BCUT2D eigenvalue weighted by Crippen LogP contribution is 2.27. The molecule has 0 aromatic heterocycles. The lowest BCUT2D eigenvalue weighted by Crippen LogP contribution is -2.11. The quantitative estimate of drug-likeness (QED) is 0.726. The molecule has 1 fully saturated rings. The van der Waals surface area contributed by atoms with Gasteiger partial charge in [0.15, 0.2) is 5.78 Å². The zero-order valence-corrected chi connectivity index (χ0v) is 11.2. The lowest BCUT2D eigenvalue weighted by molar-refractivity contribution is 0.101. The minimum absolute atomic E-state index is 0.0725. The number of ether oxygens (including phenoxy) is 1. The van der Waals surface area contributed by atoms with Crippen LogP contribution in [0.4, 0.5) is 0 Å². The number of Topliss-reactive ketones (excluding diaryl/α,β-unsaturated/α-hetero) is 1. The van der Waals surface area contributed by atoms with Crippen LogP contribution in [0.5, 0.6) is 5.75 Å². The van der Waals surface area contributed by atoms with Crippen LogP contribution in [0.2, 0.25) is 0 Å². The van der Waals surface area contributed by atoms with Crippen LogP contribution in [0.1, 0.15) is 55.8 Å². The van der Waals surface area contributed by atoms with Crippen molar-refractivity contribution in [1.29, 1.82) is 0 Å². The van der Waals surface area contributed by atoms with Crippen LogP contribution < -0.4 is 4.74 Å². The van der Waals surface area contributed by atoms with Gasteiger partial charge in [-0.2, -0.15) is 0 Å². The fourth-order valence-electron chi connectivity index (χ4n) is 2.69. The molecule has 1 aromatic carbocycles. The van der Waals surface area contributed by atoms with E-state index in [1.54, 1.807) is 6.92 Å². The van der Waals surface area contributed by atoms with Crippen LogP contribution >= 0.6 is 0 Å². The number of carbonyl (C=O) groups excluding carboxylic acids is 1. The van der Waals surface area contributed by atoms with Gasteiger partial charge in [-0.1, -0.05) is 44.2 Å². The number of rotatable bonds is 5. The summed E-state index contributed by atoms with van der Waals surface area (Å²) in [5.74, 6) is 1.63. The Morgan fingerprint density at radius 3 is 2.67 bits per heavy atom. The van der Waals surface area contributed by atoms with Gasteiger partial charge in [-0.15, -0.1) is 0 Å². The maximum absolute atomic E-state index is 11.5. The normalized spacial score (nSPS) is 16.5. The predicted molar refractivity (Wildman–Crippen MR) is 73.1 cm³/mol. The summed E-state index contributed by atoms with van der Waals surface area (Å²) in [7, 11) is 0. The van der Waals surface area contributed by atoms with Crippen molar-refractivity contribution in [3.05, 3.63) is 29.8 Å². The first-order valence-electron chi connectivity index (χ1n) is 7.00. The smallest absolute Gasteiger partial charge is 0.163 e. The molecule has 0 bridgehead atoms. The van der Waals surface area contributed by atoms with E-state index in [-0.39, 0.29) is 5.78 Å². The zero-order chi connectivity index (χ0) is 12.8. The Hall–Kier alpha value is -1.31. The van der Waals surface area contributed by atoms with Crippen LogP contribution in [0.3, 0.4) is 0 Å². The van der Waals surface area contributed by atoms with Crippen molar-refractivity contribution in [2.75, 3.05) is 6.61 Å². The second kappa shape index (κ2) is 6.58. The molecule has 98 valence electrons. The van der Waals surface area contributed by atoms with E-state index in [2.05, 4.69) is 0 Å². The Kier molecular flexibility index (Phi) is 4.80. The van der Waals surface area contributed by atoms with Crippen LogP contribution in [0.15, 0.2) is 24.3 Å². The standard InChI is InChI=1S/C16H22O2/c1-13(17)15-9-5-6-10-16(15)18-12-11-14-7-3-2-4-8-14/h5-6,9-10,14H,2-4,7-8,11-12H2,1H3. The topological polar surface area (TPSA) is 26.3 Å². The molecular weight excluding hydrogens is 224 g/mol. The van der Waals surface area contributed by atoms with Gasteiger partial charge in [-0.25, -0.2) is 0 Å². The largest absolute Gasteiger partial charge is 0.493 e. The van der Waals surface area contributed by atoms with Crippen molar-refractivity contribution < 1.29 is 9.53 Å². The van der Waals surface area contributed by atoms with E-state index in [9.17, 15) is 4.79 Å². The van der Waals surface area contributed by atoms with E-state index in [1.807, 2.05) is 24.3 Å². The van der Waals surface area contributed by atoms with Crippen LogP contribution in [-0.2, 0) is 0 Å². The summed E-state index contributed by atoms with van der Waals surface area (Å²) in [5, 5.41) is 0. The highest BCUT2D eigenvalue weighted by molar-refractivity contribution is 5.96. The van der Waals surface area contributed by atoms with Gasteiger partial charge in [0.2, 0.25) is 0 Å². The van der Waals surface area contributed by atoms with E-state index < -0.39 is 0 Å². The van der Waals surface area contributed by atoms with Gasteiger partial charge in [0, 0.05) is 0 Å². The Labute approximate surface area is 109 Å². The zero-order valence-electron chi connectivity index (χ0n) is 11.2. The number of benzene rings is 1. The fourth-order valence-corrected chi connectivity index (χ4v) is 2.69. The molecule has 1 aromatic rings. The SMILES string of the molecule is CC(=O)c1ccccc1OCCC1CCCCC1. The van der Waals surface area contributed by atoms with E-state index in [0.717, 1.165) is 24.7 Å². The summed E-state index contributed by atoms with van der Waals surface area (Å²) in [6.07, 6.45) is 7.94. The number of hydrogen-bond donors (Lipinski definition) is 0. The first-order chi connectivity index (χ1) is 8.77. The van der Waals surface area contributed by atoms with Crippen molar-refractivity contribution in [2.24, 2.45) is 5.92 Å². The Balaban J connectivity index is 1.84. The summed E-state index contributed by atoms with van der Waals surface area (Å²) in [5.41, 5.74) is 0.696. The second-order valence-corrected chi connectivity index (χ2v) is 5.19. The summed E-state index contributed by atoms with van der Waals surface area (Å²) < 4.78 is 5.78. The van der Waals surface area contributed by atoms with E-state index in [0.29, 0.717) is 5.56 Å². The molecular formula is C16H22O2. The summed E-state index contributed by atoms with van der Waals surface area (Å²) in [6, 6.07) is 7.52. The first kappa shape index (κ1) is 13.1. The summed E-state index contributed by atoms with van der Waals surface area (Å²) >= 11 is 0. The third kappa shape index (κ3) is 3.59. The molecule has 0 atom stereocenters. The molecule has 1 aliphatic carbocycles. The molecule has 18 heavy (non-hydrogen) atoms. The molecule has 1 saturated carbocycles. The summed E-state index contributed by atoms with van der Waals surface area (Å²) in [6.45, 7) is 2.32. The number of carbonyl (C=O) groups is 1. The number of hydrogen-bond acceptors (Lipinski definition) is 2. The fraction of sp³-hybridized carbons (Fsp3) is 0.562. The minimum atomic E-state index is 0.0725. The van der Waals surface area contributed by atoms with Crippen LogP contribution in [-0.4, -0.2) is 12.4 Å². The molecule has 0 amide bonds. The van der Waals surface area contributed by atoms with Gasteiger partial charge < -0.3 is 4.74 Å². The number of ketones is 1. The molecule has 2 nitrogen and oxygen atoms in total. The third-order valence-electron chi connectivity index (χ3n) is 3.77. The molecule has 0 saturated heterocycles. The van der Waals surface area contributed by atoms with E-state index in [1.165, 1.54) is 32.1 Å². The van der Waals surface area contributed by atoms with Crippen molar-refractivity contribution >= 4 is 5.78 Å². The van der Waals surface area contributed by atoms with Crippen LogP contribution in [0.25, 0.3) is 0 Å². The molecule has 0 radical (unpaired) electrons. The van der Waals surface area contributed by atoms with Gasteiger partial charge >= 0.3 is 0 Å². The molecule has 0 aliphatic heterocycles. The first-order valence-corrected chi connectivity index (χ1v) is 7.00. The van der Waals surface area contributed by atoms with Crippen molar-refractivity contribution in [2.45, 2.75) is 45.4 Å². The Morgan fingerprint density at radius 2 is 1.94 bits per heavy atom. The van der Waals surface area contributed by atoms with Crippen molar-refractivity contribution in [3.8, 4) is 5.75 Å². The summed E-state index contributed by atoms with van der Waals surface area (Å²) in [4.78, 5) is 11.5. The maximum atomic E-state index is 11.5. The average Bonchev–Trinajstić information content (AvgIpc) is 2.40. The molecule has 0 unspecified atom stereocenters. The third-order valence-corrected chi connectivity index (χ3v) is 3.77. The lowest BCUT2D eigenvalue weighted by Gasteiger charge is -2.21.